The number of halogens is 1. The molecular formula is C8H5ClO3. The van der Waals surface area contributed by atoms with Crippen molar-refractivity contribution in [2.24, 2.45) is 0 Å². The maximum absolute atomic E-state index is 11.2. The molecule has 0 aliphatic carbocycles. The van der Waals surface area contributed by atoms with Crippen LogP contribution in [0.5, 0.6) is 0 Å². The lowest BCUT2D eigenvalue weighted by Gasteiger charge is -1.94. The van der Waals surface area contributed by atoms with E-state index in [2.05, 4.69) is 0 Å². The molecule has 1 N–H and O–H groups in total. The molecule has 0 unspecified atom stereocenters. The van der Waals surface area contributed by atoms with E-state index in [0.29, 0.717) is 0 Å². The van der Waals surface area contributed by atoms with E-state index in [1.807, 2.05) is 0 Å². The Labute approximate surface area is 79.2 Å². The summed E-state index contributed by atoms with van der Waals surface area (Å²) in [6.07, 6.45) is 0. The number of benzene rings is 1. The number of carboxylic acids is 1. The van der Waals surface area contributed by atoms with Crippen LogP contribution >= 0.6 is 11.6 Å². The topological polar surface area (TPSA) is 54.4 Å². The van der Waals surface area contributed by atoms with Crippen molar-refractivity contribution in [2.45, 2.75) is 0 Å². The lowest BCUT2D eigenvalue weighted by Crippen LogP contribution is -2.12. The summed E-state index contributed by atoms with van der Waals surface area (Å²) in [5.74, 6) is -3.34. The highest BCUT2D eigenvalue weighted by molar-refractivity contribution is 6.40. The molecule has 0 aromatic heterocycles. The molecule has 1 rings (SSSR count). The summed E-state index contributed by atoms with van der Waals surface area (Å²) in [4.78, 5) is 21.6. The number of carbonyl (C=O) groups is 2. The highest BCUT2D eigenvalue weighted by Gasteiger charge is 2.13. The minimum atomic E-state index is -1.84. The van der Waals surface area contributed by atoms with Crippen molar-refractivity contribution in [1.82, 2.24) is 0 Å². The molecule has 0 spiro atoms. The molecule has 1 aromatic rings. The van der Waals surface area contributed by atoms with Crippen LogP contribution in [0.15, 0.2) is 24.2 Å². The highest BCUT2D eigenvalue weighted by atomic mass is 35.5. The van der Waals surface area contributed by atoms with Gasteiger partial charge in [0.2, 0.25) is 0 Å². The van der Waals surface area contributed by atoms with Crippen molar-refractivity contribution < 1.29 is 20.2 Å². The van der Waals surface area contributed by atoms with E-state index < -0.39 is 46.5 Å². The van der Waals surface area contributed by atoms with Crippen LogP contribution in [-0.4, -0.2) is 16.9 Å². The third-order valence-corrected chi connectivity index (χ3v) is 1.20. The zero-order valence-corrected chi connectivity index (χ0v) is 6.40. The van der Waals surface area contributed by atoms with Gasteiger partial charge >= 0.3 is 5.97 Å². The summed E-state index contributed by atoms with van der Waals surface area (Å²) in [6, 6.07) is -2.77. The Kier molecular flexibility index (Phi) is 1.30. The monoisotopic (exact) mass is 189 g/mol. The summed E-state index contributed by atoms with van der Waals surface area (Å²) < 4.78 is 29.3. The van der Waals surface area contributed by atoms with Gasteiger partial charge in [-0.1, -0.05) is 11.6 Å². The van der Waals surface area contributed by atoms with Crippen LogP contribution in [0.2, 0.25) is 5.02 Å². The van der Waals surface area contributed by atoms with Crippen LogP contribution in [0, 0.1) is 0 Å². The van der Waals surface area contributed by atoms with Gasteiger partial charge in [-0.25, -0.2) is 4.79 Å². The number of hydrogen-bond donors (Lipinski definition) is 1. The first kappa shape index (κ1) is 4.62. The zero-order chi connectivity index (χ0) is 12.6. The van der Waals surface area contributed by atoms with E-state index in [9.17, 15) is 9.59 Å². The Morgan fingerprint density at radius 1 is 1.33 bits per heavy atom. The molecule has 0 atom stereocenters. The Balaban J connectivity index is 3.64. The zero-order valence-electron chi connectivity index (χ0n) is 9.64. The van der Waals surface area contributed by atoms with Crippen LogP contribution in [0.1, 0.15) is 15.8 Å². The Morgan fingerprint density at radius 3 is 2.25 bits per heavy atom. The molecule has 0 bridgehead atoms. The summed E-state index contributed by atoms with van der Waals surface area (Å²) in [5, 5.41) is 8.02. The van der Waals surface area contributed by atoms with Crippen molar-refractivity contribution in [3.8, 4) is 0 Å². The van der Waals surface area contributed by atoms with Gasteiger partial charge in [-0.2, -0.15) is 0 Å². The van der Waals surface area contributed by atoms with E-state index in [1.54, 1.807) is 0 Å². The summed E-state index contributed by atoms with van der Waals surface area (Å²) in [6.45, 7) is 0. The molecule has 12 heavy (non-hydrogen) atoms. The fourth-order valence-electron chi connectivity index (χ4n) is 0.518. The molecule has 0 heterocycles. The number of rotatable bonds is 2. The van der Waals surface area contributed by atoms with E-state index in [-0.39, 0.29) is 0 Å². The molecule has 4 heteroatoms. The lowest BCUT2D eigenvalue weighted by atomic mass is 10.3. The number of ketones is 1. The van der Waals surface area contributed by atoms with Gasteiger partial charge in [0, 0.05) is 10.6 Å². The van der Waals surface area contributed by atoms with Crippen molar-refractivity contribution in [1.29, 1.82) is 0 Å². The number of Topliss-reactive ketones (excluding diaryl/α,β-unsaturated/α-hetero) is 1. The van der Waals surface area contributed by atoms with Gasteiger partial charge in [0.25, 0.3) is 5.78 Å². The summed E-state index contributed by atoms with van der Waals surface area (Å²) >= 11 is 5.47. The van der Waals surface area contributed by atoms with Crippen molar-refractivity contribution in [3.05, 3.63) is 34.8 Å². The third-order valence-electron chi connectivity index (χ3n) is 1.02. The van der Waals surface area contributed by atoms with Gasteiger partial charge in [-0.3, -0.25) is 4.79 Å². The van der Waals surface area contributed by atoms with Crippen molar-refractivity contribution in [3.63, 3.8) is 0 Å². The minimum Gasteiger partial charge on any atom is -0.475 e. The molecule has 0 saturated heterocycles. The van der Waals surface area contributed by atoms with Crippen LogP contribution in [0.4, 0.5) is 0 Å². The number of carboxylic acid groups (broad SMARTS) is 1. The average Bonchev–Trinajstić information content (AvgIpc) is 2.23. The van der Waals surface area contributed by atoms with Gasteiger partial charge in [0.15, 0.2) is 0 Å². The molecular weight excluding hydrogens is 181 g/mol. The first-order valence-corrected chi connectivity index (χ1v) is 3.20. The highest BCUT2D eigenvalue weighted by Crippen LogP contribution is 2.09. The molecule has 0 aliphatic heterocycles. The van der Waals surface area contributed by atoms with Crippen LogP contribution < -0.4 is 0 Å². The summed E-state index contributed by atoms with van der Waals surface area (Å²) in [7, 11) is 0. The maximum atomic E-state index is 11.2. The number of carbonyl (C=O) groups excluding carboxylic acids is 1. The molecule has 3 nitrogen and oxygen atoms in total. The second-order valence-corrected chi connectivity index (χ2v) is 2.20. The molecule has 0 aliphatic rings. The van der Waals surface area contributed by atoms with Crippen molar-refractivity contribution >= 4 is 23.4 Å². The molecule has 0 fully saturated rings. The van der Waals surface area contributed by atoms with E-state index in [0.717, 1.165) is 0 Å². The van der Waals surface area contributed by atoms with Crippen molar-refractivity contribution in [2.75, 3.05) is 0 Å². The van der Waals surface area contributed by atoms with Crippen LogP contribution in [0.3, 0.4) is 0 Å². The fraction of sp³-hybridized carbons (Fsp3) is 0. The van der Waals surface area contributed by atoms with Gasteiger partial charge in [0.1, 0.15) is 0 Å². The van der Waals surface area contributed by atoms with Crippen LogP contribution in [0.25, 0.3) is 0 Å². The normalized spacial score (nSPS) is 14.1. The largest absolute Gasteiger partial charge is 0.475 e. The predicted molar refractivity (Wildman–Crippen MR) is 43.4 cm³/mol. The second-order valence-electron chi connectivity index (χ2n) is 1.82. The molecule has 0 amide bonds. The smallest absolute Gasteiger partial charge is 0.377 e. The first-order valence-electron chi connectivity index (χ1n) is 4.82. The van der Waals surface area contributed by atoms with Gasteiger partial charge in [-0.15, -0.1) is 0 Å². The SMILES string of the molecule is [2H]c1c([2H])c([13C](=O)C(=O)O)c([2H])c([2H])c1Cl. The molecule has 62 valence electrons. The average molecular weight is 190 g/mol. The number of aliphatic carboxylic acids is 1. The Hall–Kier alpha value is -1.35. The molecule has 0 saturated carbocycles. The minimum absolute atomic E-state index is 0.447. The van der Waals surface area contributed by atoms with E-state index in [1.165, 1.54) is 0 Å². The van der Waals surface area contributed by atoms with Crippen LogP contribution in [-0.2, 0) is 4.79 Å². The number of hydrogen-bond acceptors (Lipinski definition) is 2. The lowest BCUT2D eigenvalue weighted by molar-refractivity contribution is -0.131. The third kappa shape index (κ3) is 1.83. The molecule has 1 aromatic carbocycles. The van der Waals surface area contributed by atoms with E-state index >= 15 is 0 Å². The molecule has 0 radical (unpaired) electrons. The second kappa shape index (κ2) is 3.36. The Bertz CT molecular complexity index is 472. The fourth-order valence-corrected chi connectivity index (χ4v) is 0.612. The van der Waals surface area contributed by atoms with Gasteiger partial charge < -0.3 is 5.11 Å². The van der Waals surface area contributed by atoms with Gasteiger partial charge in [-0.05, 0) is 24.2 Å². The first-order chi connectivity index (χ1) is 7.29. The predicted octanol–water partition coefficient (Wildman–Crippen LogP) is 1.61. The Morgan fingerprint density at radius 2 is 1.83 bits per heavy atom. The summed E-state index contributed by atoms with van der Waals surface area (Å²) in [5.41, 5.74) is -0.785. The maximum Gasteiger partial charge on any atom is 0.377 e. The van der Waals surface area contributed by atoms with Gasteiger partial charge in [0.05, 0.1) is 5.48 Å². The van der Waals surface area contributed by atoms with E-state index in [4.69, 9.17) is 22.2 Å². The standard InChI is InChI=1S/C8H5ClO3/c9-6-3-1-5(2-4-6)7(10)8(11)12/h1-4H,(H,11,12)/i1D,2D,3D,4D,7+1. The quantitative estimate of drug-likeness (QED) is 0.437.